The lowest BCUT2D eigenvalue weighted by Crippen LogP contribution is -2.44. The average molecular weight is 388 g/mol. The number of carbonyl (C=O) groups excluding carboxylic acids is 2. The number of rotatable bonds is 4. The maximum atomic E-state index is 13.0. The van der Waals surface area contributed by atoms with Crippen molar-refractivity contribution in [3.8, 4) is 0 Å². The Labute approximate surface area is 160 Å². The van der Waals surface area contributed by atoms with Gasteiger partial charge in [0.1, 0.15) is 10.8 Å². The third kappa shape index (κ3) is 4.00. The fraction of sp³-hybridized carbons (Fsp3) is 0.474. The number of nitrogens with one attached hydrogen (secondary N) is 1. The summed E-state index contributed by atoms with van der Waals surface area (Å²) in [5, 5.41) is 12.0. The molecule has 142 valence electrons. The Kier molecular flexibility index (Phi) is 5.15. The van der Waals surface area contributed by atoms with Gasteiger partial charge in [0.2, 0.25) is 10.9 Å². The SMILES string of the molecule is O=C(Nc1ccc(F)cc1)c1nnc([C@H]2CCCN(C(=O)C3CCC3)C2)s1. The molecule has 2 aliphatic rings. The van der Waals surface area contributed by atoms with Gasteiger partial charge in [-0.05, 0) is 49.9 Å². The van der Waals surface area contributed by atoms with E-state index in [0.29, 0.717) is 12.2 Å². The summed E-state index contributed by atoms with van der Waals surface area (Å²) in [5.74, 6) is -0.110. The van der Waals surface area contributed by atoms with Crippen LogP contribution in [0.25, 0.3) is 0 Å². The summed E-state index contributed by atoms with van der Waals surface area (Å²) in [5.41, 5.74) is 0.507. The van der Waals surface area contributed by atoms with E-state index < -0.39 is 0 Å². The number of piperidine rings is 1. The molecule has 1 aliphatic heterocycles. The van der Waals surface area contributed by atoms with E-state index in [9.17, 15) is 14.0 Å². The first kappa shape index (κ1) is 18.0. The monoisotopic (exact) mass is 388 g/mol. The zero-order valence-corrected chi connectivity index (χ0v) is 15.7. The quantitative estimate of drug-likeness (QED) is 0.871. The van der Waals surface area contributed by atoms with Crippen molar-refractivity contribution in [2.75, 3.05) is 18.4 Å². The summed E-state index contributed by atoms with van der Waals surface area (Å²) in [6, 6.07) is 5.58. The number of benzene rings is 1. The number of carbonyl (C=O) groups is 2. The van der Waals surface area contributed by atoms with Crippen LogP contribution in [0.2, 0.25) is 0 Å². The Morgan fingerprint density at radius 3 is 2.59 bits per heavy atom. The number of likely N-dealkylation sites (tertiary alicyclic amines) is 1. The molecule has 1 aliphatic carbocycles. The smallest absolute Gasteiger partial charge is 0.286 e. The second-order valence-electron chi connectivity index (χ2n) is 7.16. The van der Waals surface area contributed by atoms with Crippen molar-refractivity contribution >= 4 is 28.8 Å². The molecule has 8 heteroatoms. The lowest BCUT2D eigenvalue weighted by molar-refractivity contribution is -0.139. The van der Waals surface area contributed by atoms with Gasteiger partial charge in [-0.25, -0.2) is 4.39 Å². The van der Waals surface area contributed by atoms with E-state index in [0.717, 1.165) is 43.7 Å². The third-order valence-corrected chi connectivity index (χ3v) is 6.36. The number of hydrogen-bond acceptors (Lipinski definition) is 5. The van der Waals surface area contributed by atoms with E-state index in [4.69, 9.17) is 0 Å². The van der Waals surface area contributed by atoms with Crippen LogP contribution >= 0.6 is 11.3 Å². The van der Waals surface area contributed by atoms with Crippen LogP contribution in [-0.4, -0.2) is 40.0 Å². The van der Waals surface area contributed by atoms with E-state index in [1.807, 2.05) is 4.90 Å². The lowest BCUT2D eigenvalue weighted by Gasteiger charge is -2.36. The van der Waals surface area contributed by atoms with E-state index >= 15 is 0 Å². The predicted molar refractivity (Wildman–Crippen MR) is 100 cm³/mol. The molecule has 1 saturated heterocycles. The fourth-order valence-corrected chi connectivity index (χ4v) is 4.37. The highest BCUT2D eigenvalue weighted by molar-refractivity contribution is 7.13. The molecular weight excluding hydrogens is 367 g/mol. The Hall–Kier alpha value is -2.35. The summed E-state index contributed by atoms with van der Waals surface area (Å²) in [4.78, 5) is 26.8. The summed E-state index contributed by atoms with van der Waals surface area (Å²) >= 11 is 1.27. The van der Waals surface area contributed by atoms with Crippen molar-refractivity contribution < 1.29 is 14.0 Å². The Morgan fingerprint density at radius 1 is 1.11 bits per heavy atom. The lowest BCUT2D eigenvalue weighted by atomic mass is 9.83. The second kappa shape index (κ2) is 7.72. The predicted octanol–water partition coefficient (Wildman–Crippen LogP) is 3.44. The number of halogens is 1. The summed E-state index contributed by atoms with van der Waals surface area (Å²) in [6.45, 7) is 1.46. The van der Waals surface area contributed by atoms with Crippen molar-refractivity contribution in [3.63, 3.8) is 0 Å². The molecule has 1 aromatic carbocycles. The van der Waals surface area contributed by atoms with Gasteiger partial charge >= 0.3 is 0 Å². The average Bonchev–Trinajstić information content (AvgIpc) is 3.13. The highest BCUT2D eigenvalue weighted by atomic mass is 32.1. The number of nitrogens with zero attached hydrogens (tertiary/aromatic N) is 3. The molecular formula is C19H21FN4O2S. The molecule has 1 atom stereocenters. The van der Waals surface area contributed by atoms with E-state index in [1.54, 1.807) is 0 Å². The summed E-state index contributed by atoms with van der Waals surface area (Å²) in [6.07, 6.45) is 5.05. The zero-order valence-electron chi connectivity index (χ0n) is 14.9. The first-order chi connectivity index (χ1) is 13.1. The maximum absolute atomic E-state index is 13.0. The Balaban J connectivity index is 1.39. The molecule has 4 rings (SSSR count). The van der Waals surface area contributed by atoms with Crippen molar-refractivity contribution in [3.05, 3.63) is 40.1 Å². The Bertz CT molecular complexity index is 834. The van der Waals surface area contributed by atoms with Crippen LogP contribution < -0.4 is 5.32 Å². The zero-order chi connectivity index (χ0) is 18.8. The summed E-state index contributed by atoms with van der Waals surface area (Å²) < 4.78 is 13.0. The number of amides is 2. The second-order valence-corrected chi connectivity index (χ2v) is 8.17. The molecule has 0 unspecified atom stereocenters. The number of hydrogen-bond donors (Lipinski definition) is 1. The van der Waals surface area contributed by atoms with Gasteiger partial charge < -0.3 is 10.2 Å². The standard InChI is InChI=1S/C19H21FN4O2S/c20-14-6-8-15(9-7-14)21-16(25)18-23-22-17(27-18)13-5-2-10-24(11-13)19(26)12-3-1-4-12/h6-9,12-13H,1-5,10-11H2,(H,21,25)/t13-/m0/s1. The number of anilines is 1. The van der Waals surface area contributed by atoms with Gasteiger partial charge in [0.15, 0.2) is 0 Å². The normalized spacial score (nSPS) is 20.2. The molecule has 1 aromatic heterocycles. The van der Waals surface area contributed by atoms with Crippen LogP contribution in [0, 0.1) is 11.7 Å². The Morgan fingerprint density at radius 2 is 1.89 bits per heavy atom. The topological polar surface area (TPSA) is 75.2 Å². The summed E-state index contributed by atoms with van der Waals surface area (Å²) in [7, 11) is 0. The van der Waals surface area contributed by atoms with Crippen LogP contribution in [0.15, 0.2) is 24.3 Å². The molecule has 0 spiro atoms. The van der Waals surface area contributed by atoms with E-state index in [-0.39, 0.29) is 34.5 Å². The van der Waals surface area contributed by atoms with Gasteiger partial charge in [0.05, 0.1) is 0 Å². The van der Waals surface area contributed by atoms with Crippen LogP contribution in [-0.2, 0) is 4.79 Å². The van der Waals surface area contributed by atoms with E-state index in [2.05, 4.69) is 15.5 Å². The van der Waals surface area contributed by atoms with Gasteiger partial charge in [0, 0.05) is 30.6 Å². The van der Waals surface area contributed by atoms with Crippen LogP contribution in [0.3, 0.4) is 0 Å². The van der Waals surface area contributed by atoms with Gasteiger partial charge in [-0.1, -0.05) is 17.8 Å². The van der Waals surface area contributed by atoms with E-state index in [1.165, 1.54) is 35.6 Å². The van der Waals surface area contributed by atoms with Crippen LogP contribution in [0.5, 0.6) is 0 Å². The third-order valence-electron chi connectivity index (χ3n) is 5.27. The molecule has 1 saturated carbocycles. The molecule has 0 radical (unpaired) electrons. The van der Waals surface area contributed by atoms with Crippen molar-refractivity contribution in [2.24, 2.45) is 5.92 Å². The molecule has 0 bridgehead atoms. The van der Waals surface area contributed by atoms with Crippen molar-refractivity contribution in [1.82, 2.24) is 15.1 Å². The first-order valence-electron chi connectivity index (χ1n) is 9.29. The highest BCUT2D eigenvalue weighted by Gasteiger charge is 2.33. The number of aromatic nitrogens is 2. The highest BCUT2D eigenvalue weighted by Crippen LogP contribution is 2.33. The van der Waals surface area contributed by atoms with Crippen molar-refractivity contribution in [1.29, 1.82) is 0 Å². The molecule has 6 nitrogen and oxygen atoms in total. The van der Waals surface area contributed by atoms with Gasteiger partial charge in [-0.15, -0.1) is 10.2 Å². The minimum atomic E-state index is -0.358. The first-order valence-corrected chi connectivity index (χ1v) is 10.1. The minimum Gasteiger partial charge on any atom is -0.342 e. The molecule has 2 aromatic rings. The maximum Gasteiger partial charge on any atom is 0.286 e. The minimum absolute atomic E-state index is 0.132. The van der Waals surface area contributed by atoms with Crippen molar-refractivity contribution in [2.45, 2.75) is 38.0 Å². The molecule has 27 heavy (non-hydrogen) atoms. The molecule has 1 N–H and O–H groups in total. The largest absolute Gasteiger partial charge is 0.342 e. The van der Waals surface area contributed by atoms with Crippen LogP contribution in [0.1, 0.15) is 52.8 Å². The molecule has 2 amide bonds. The van der Waals surface area contributed by atoms with Gasteiger partial charge in [-0.3, -0.25) is 9.59 Å². The van der Waals surface area contributed by atoms with Gasteiger partial charge in [-0.2, -0.15) is 0 Å². The fourth-order valence-electron chi connectivity index (χ4n) is 3.50. The van der Waals surface area contributed by atoms with Gasteiger partial charge in [0.25, 0.3) is 5.91 Å². The molecule has 2 fully saturated rings. The van der Waals surface area contributed by atoms with Crippen LogP contribution in [0.4, 0.5) is 10.1 Å². The molecule has 2 heterocycles.